The highest BCUT2D eigenvalue weighted by Crippen LogP contribution is 2.08. The molecule has 0 aliphatic carbocycles. The highest BCUT2D eigenvalue weighted by molar-refractivity contribution is 5.38. The van der Waals surface area contributed by atoms with Crippen molar-refractivity contribution in [1.29, 1.82) is 0 Å². The fraction of sp³-hybridized carbons (Fsp3) is 0.583. The molecule has 0 atom stereocenters. The SMILES string of the molecule is CC(C)CNCCCc1cccnc1N. The van der Waals surface area contributed by atoms with Crippen molar-refractivity contribution in [2.75, 3.05) is 18.8 Å². The molecule has 3 nitrogen and oxygen atoms in total. The van der Waals surface area contributed by atoms with Crippen LogP contribution in [-0.2, 0) is 6.42 Å². The van der Waals surface area contributed by atoms with Crippen LogP contribution in [0.4, 0.5) is 5.82 Å². The van der Waals surface area contributed by atoms with Crippen LogP contribution in [0.15, 0.2) is 18.3 Å². The van der Waals surface area contributed by atoms with E-state index in [1.807, 2.05) is 12.1 Å². The Hall–Kier alpha value is -1.09. The van der Waals surface area contributed by atoms with Crippen LogP contribution in [0.1, 0.15) is 25.8 Å². The standard InChI is InChI=1S/C12H21N3/c1-10(2)9-14-7-3-5-11-6-4-8-15-12(11)13/h4,6,8,10,14H,3,5,7,9H2,1-2H3,(H2,13,15). The molecular weight excluding hydrogens is 186 g/mol. The highest BCUT2D eigenvalue weighted by Gasteiger charge is 1.98. The molecule has 84 valence electrons. The molecule has 1 rings (SSSR count). The molecule has 0 bridgehead atoms. The number of hydrogen-bond donors (Lipinski definition) is 2. The van der Waals surface area contributed by atoms with Crippen molar-refractivity contribution in [2.45, 2.75) is 26.7 Å². The van der Waals surface area contributed by atoms with E-state index in [9.17, 15) is 0 Å². The van der Waals surface area contributed by atoms with Gasteiger partial charge in [0.1, 0.15) is 5.82 Å². The van der Waals surface area contributed by atoms with E-state index in [1.165, 1.54) is 0 Å². The van der Waals surface area contributed by atoms with Crippen molar-refractivity contribution in [3.63, 3.8) is 0 Å². The molecule has 0 saturated carbocycles. The second-order valence-corrected chi connectivity index (χ2v) is 4.25. The second kappa shape index (κ2) is 6.40. The average Bonchev–Trinajstić information content (AvgIpc) is 2.20. The summed E-state index contributed by atoms with van der Waals surface area (Å²) >= 11 is 0. The normalized spacial score (nSPS) is 10.9. The average molecular weight is 207 g/mol. The third-order valence-electron chi connectivity index (χ3n) is 2.28. The number of anilines is 1. The molecule has 0 spiro atoms. The third kappa shape index (κ3) is 4.79. The van der Waals surface area contributed by atoms with Crippen LogP contribution in [0, 0.1) is 5.92 Å². The van der Waals surface area contributed by atoms with Gasteiger partial charge in [0.15, 0.2) is 0 Å². The Morgan fingerprint density at radius 3 is 2.93 bits per heavy atom. The van der Waals surface area contributed by atoms with Crippen LogP contribution in [0.5, 0.6) is 0 Å². The topological polar surface area (TPSA) is 50.9 Å². The Labute approximate surface area is 92.1 Å². The van der Waals surface area contributed by atoms with E-state index in [2.05, 4.69) is 24.1 Å². The van der Waals surface area contributed by atoms with E-state index in [4.69, 9.17) is 5.73 Å². The highest BCUT2D eigenvalue weighted by atomic mass is 14.9. The molecule has 3 heteroatoms. The Morgan fingerprint density at radius 1 is 1.47 bits per heavy atom. The molecule has 0 amide bonds. The summed E-state index contributed by atoms with van der Waals surface area (Å²) in [5.41, 5.74) is 6.91. The maximum absolute atomic E-state index is 5.75. The first-order valence-corrected chi connectivity index (χ1v) is 5.60. The van der Waals surface area contributed by atoms with Gasteiger partial charge in [0, 0.05) is 6.20 Å². The van der Waals surface area contributed by atoms with Crippen molar-refractivity contribution in [2.24, 2.45) is 5.92 Å². The van der Waals surface area contributed by atoms with Crippen LogP contribution in [0.25, 0.3) is 0 Å². The van der Waals surface area contributed by atoms with E-state index >= 15 is 0 Å². The molecule has 0 aliphatic heterocycles. The number of nitrogens with one attached hydrogen (secondary N) is 1. The Morgan fingerprint density at radius 2 is 2.27 bits per heavy atom. The monoisotopic (exact) mass is 207 g/mol. The predicted molar refractivity (Wildman–Crippen MR) is 64.7 cm³/mol. The van der Waals surface area contributed by atoms with E-state index in [0.29, 0.717) is 11.7 Å². The molecule has 1 aromatic rings. The van der Waals surface area contributed by atoms with E-state index in [0.717, 1.165) is 31.5 Å². The summed E-state index contributed by atoms with van der Waals surface area (Å²) in [4.78, 5) is 4.06. The Kier molecular flexibility index (Phi) is 5.12. The number of nitrogen functional groups attached to an aromatic ring is 1. The van der Waals surface area contributed by atoms with E-state index < -0.39 is 0 Å². The summed E-state index contributed by atoms with van der Waals surface area (Å²) in [5, 5.41) is 3.41. The van der Waals surface area contributed by atoms with Gasteiger partial charge in [-0.3, -0.25) is 0 Å². The summed E-state index contributed by atoms with van der Waals surface area (Å²) in [6.45, 7) is 6.56. The molecule has 0 aromatic carbocycles. The maximum Gasteiger partial charge on any atom is 0.126 e. The molecule has 1 heterocycles. The Bertz CT molecular complexity index is 284. The van der Waals surface area contributed by atoms with Crippen molar-refractivity contribution < 1.29 is 0 Å². The summed E-state index contributed by atoms with van der Waals surface area (Å²) in [6, 6.07) is 3.98. The van der Waals surface area contributed by atoms with Crippen LogP contribution in [-0.4, -0.2) is 18.1 Å². The number of pyridine rings is 1. The minimum absolute atomic E-state index is 0.668. The lowest BCUT2D eigenvalue weighted by atomic mass is 10.1. The molecule has 0 fully saturated rings. The first-order valence-electron chi connectivity index (χ1n) is 5.60. The first kappa shape index (κ1) is 12.0. The van der Waals surface area contributed by atoms with Crippen LogP contribution < -0.4 is 11.1 Å². The van der Waals surface area contributed by atoms with Crippen molar-refractivity contribution in [3.8, 4) is 0 Å². The van der Waals surface area contributed by atoms with Crippen molar-refractivity contribution >= 4 is 5.82 Å². The number of hydrogen-bond acceptors (Lipinski definition) is 3. The first-order chi connectivity index (χ1) is 7.20. The van der Waals surface area contributed by atoms with Gasteiger partial charge in [-0.25, -0.2) is 4.98 Å². The van der Waals surface area contributed by atoms with E-state index in [-0.39, 0.29) is 0 Å². The molecule has 0 unspecified atom stereocenters. The third-order valence-corrected chi connectivity index (χ3v) is 2.28. The van der Waals surface area contributed by atoms with Gasteiger partial charge in [-0.05, 0) is 43.5 Å². The number of nitrogens with two attached hydrogens (primary N) is 1. The summed E-state index contributed by atoms with van der Waals surface area (Å²) in [5.74, 6) is 1.38. The number of aryl methyl sites for hydroxylation is 1. The zero-order valence-electron chi connectivity index (χ0n) is 9.66. The van der Waals surface area contributed by atoms with Gasteiger partial charge >= 0.3 is 0 Å². The minimum Gasteiger partial charge on any atom is -0.383 e. The summed E-state index contributed by atoms with van der Waals surface area (Å²) < 4.78 is 0. The van der Waals surface area contributed by atoms with Crippen LogP contribution >= 0.6 is 0 Å². The lowest BCUT2D eigenvalue weighted by Crippen LogP contribution is -2.21. The summed E-state index contributed by atoms with van der Waals surface area (Å²) in [6.07, 6.45) is 3.85. The predicted octanol–water partition coefficient (Wildman–Crippen LogP) is 1.84. The van der Waals surface area contributed by atoms with Gasteiger partial charge in [-0.15, -0.1) is 0 Å². The smallest absolute Gasteiger partial charge is 0.126 e. The molecule has 0 aliphatic rings. The maximum atomic E-state index is 5.75. The van der Waals surface area contributed by atoms with Crippen LogP contribution in [0.2, 0.25) is 0 Å². The number of rotatable bonds is 6. The quantitative estimate of drug-likeness (QED) is 0.700. The molecule has 15 heavy (non-hydrogen) atoms. The lowest BCUT2D eigenvalue weighted by Gasteiger charge is -2.07. The van der Waals surface area contributed by atoms with Crippen molar-refractivity contribution in [1.82, 2.24) is 10.3 Å². The van der Waals surface area contributed by atoms with Gasteiger partial charge in [-0.1, -0.05) is 19.9 Å². The number of nitrogens with zero attached hydrogens (tertiary/aromatic N) is 1. The number of aromatic nitrogens is 1. The van der Waals surface area contributed by atoms with E-state index in [1.54, 1.807) is 6.20 Å². The molecule has 1 aromatic heterocycles. The fourth-order valence-electron chi connectivity index (χ4n) is 1.46. The largest absolute Gasteiger partial charge is 0.383 e. The zero-order chi connectivity index (χ0) is 11.1. The molecule has 0 saturated heterocycles. The second-order valence-electron chi connectivity index (χ2n) is 4.25. The fourth-order valence-corrected chi connectivity index (χ4v) is 1.46. The lowest BCUT2D eigenvalue weighted by molar-refractivity contribution is 0.543. The van der Waals surface area contributed by atoms with Crippen LogP contribution in [0.3, 0.4) is 0 Å². The van der Waals surface area contributed by atoms with Gasteiger partial charge in [0.05, 0.1) is 0 Å². The molecular formula is C12H21N3. The zero-order valence-corrected chi connectivity index (χ0v) is 9.66. The Balaban J connectivity index is 2.18. The molecule has 3 N–H and O–H groups in total. The van der Waals surface area contributed by atoms with Crippen molar-refractivity contribution in [3.05, 3.63) is 23.9 Å². The van der Waals surface area contributed by atoms with Gasteiger partial charge in [0.2, 0.25) is 0 Å². The van der Waals surface area contributed by atoms with Gasteiger partial charge < -0.3 is 11.1 Å². The summed E-state index contributed by atoms with van der Waals surface area (Å²) in [7, 11) is 0. The molecule has 0 radical (unpaired) electrons. The minimum atomic E-state index is 0.668. The van der Waals surface area contributed by atoms with Gasteiger partial charge in [0.25, 0.3) is 0 Å². The van der Waals surface area contributed by atoms with Gasteiger partial charge in [-0.2, -0.15) is 0 Å².